The summed E-state index contributed by atoms with van der Waals surface area (Å²) in [7, 11) is 0. The summed E-state index contributed by atoms with van der Waals surface area (Å²) in [5.74, 6) is -0.229. The molecular weight excluding hydrogens is 328 g/mol. The monoisotopic (exact) mass is 354 g/mol. The molecule has 2 N–H and O–H groups in total. The fraction of sp³-hybridized carbons (Fsp3) is 0.333. The first-order chi connectivity index (χ1) is 12.6. The fourth-order valence-electron chi connectivity index (χ4n) is 2.53. The van der Waals surface area contributed by atoms with Crippen LogP contribution in [0.15, 0.2) is 54.6 Å². The zero-order valence-electron chi connectivity index (χ0n) is 15.3. The maximum absolute atomic E-state index is 12.2. The molecular formula is C21H26N2O3. The normalized spacial score (nSPS) is 11.6. The van der Waals surface area contributed by atoms with Crippen LogP contribution in [0.25, 0.3) is 0 Å². The molecule has 1 unspecified atom stereocenters. The van der Waals surface area contributed by atoms with Gasteiger partial charge in [0.05, 0.1) is 6.10 Å². The van der Waals surface area contributed by atoms with Crippen LogP contribution >= 0.6 is 0 Å². The van der Waals surface area contributed by atoms with Gasteiger partial charge in [0, 0.05) is 30.8 Å². The van der Waals surface area contributed by atoms with Gasteiger partial charge in [0.25, 0.3) is 11.8 Å². The Bertz CT molecular complexity index is 699. The Labute approximate surface area is 154 Å². The highest BCUT2D eigenvalue weighted by molar-refractivity contribution is 5.94. The second kappa shape index (κ2) is 10.4. The lowest BCUT2D eigenvalue weighted by Crippen LogP contribution is -2.36. The molecule has 0 spiro atoms. The van der Waals surface area contributed by atoms with E-state index in [9.17, 15) is 9.59 Å². The zero-order valence-corrected chi connectivity index (χ0v) is 15.3. The Morgan fingerprint density at radius 3 is 2.19 bits per heavy atom. The van der Waals surface area contributed by atoms with Crippen LogP contribution in [0.3, 0.4) is 0 Å². The zero-order chi connectivity index (χ0) is 18.8. The molecule has 2 aromatic rings. The summed E-state index contributed by atoms with van der Waals surface area (Å²) in [6.07, 6.45) is 0.478. The van der Waals surface area contributed by atoms with Crippen LogP contribution in [0, 0.1) is 6.92 Å². The first kappa shape index (κ1) is 19.7. The van der Waals surface area contributed by atoms with E-state index < -0.39 is 0 Å². The molecule has 0 bridgehead atoms. The van der Waals surface area contributed by atoms with E-state index in [0.29, 0.717) is 37.2 Å². The SMILES string of the molecule is CCOC(CCNC(=O)c1ccccc1)CNC(=O)c1ccc(C)cc1. The maximum atomic E-state index is 12.2. The number of aryl methyl sites for hydroxylation is 1. The third-order valence-corrected chi connectivity index (χ3v) is 3.99. The molecule has 26 heavy (non-hydrogen) atoms. The van der Waals surface area contributed by atoms with E-state index in [1.807, 2.05) is 44.2 Å². The molecule has 0 saturated heterocycles. The van der Waals surface area contributed by atoms with Crippen LogP contribution in [0.4, 0.5) is 0 Å². The second-order valence-corrected chi connectivity index (χ2v) is 6.06. The Morgan fingerprint density at radius 2 is 1.54 bits per heavy atom. The lowest BCUT2D eigenvalue weighted by Gasteiger charge is -2.18. The number of carbonyl (C=O) groups excluding carboxylic acids is 2. The van der Waals surface area contributed by atoms with Gasteiger partial charge in [-0.3, -0.25) is 9.59 Å². The van der Waals surface area contributed by atoms with Gasteiger partial charge in [-0.15, -0.1) is 0 Å². The Morgan fingerprint density at radius 1 is 0.923 bits per heavy atom. The van der Waals surface area contributed by atoms with Crippen molar-refractivity contribution in [2.75, 3.05) is 19.7 Å². The summed E-state index contributed by atoms with van der Waals surface area (Å²) >= 11 is 0. The fourth-order valence-corrected chi connectivity index (χ4v) is 2.53. The predicted molar refractivity (Wildman–Crippen MR) is 102 cm³/mol. The summed E-state index contributed by atoms with van der Waals surface area (Å²) in [6, 6.07) is 16.5. The highest BCUT2D eigenvalue weighted by Gasteiger charge is 2.13. The van der Waals surface area contributed by atoms with E-state index in [-0.39, 0.29) is 17.9 Å². The number of carbonyl (C=O) groups is 2. The van der Waals surface area contributed by atoms with Crippen LogP contribution in [0.1, 0.15) is 39.6 Å². The molecule has 2 aromatic carbocycles. The van der Waals surface area contributed by atoms with Gasteiger partial charge in [-0.25, -0.2) is 0 Å². The third kappa shape index (κ3) is 6.33. The van der Waals surface area contributed by atoms with Crippen molar-refractivity contribution in [2.24, 2.45) is 0 Å². The summed E-state index contributed by atoms with van der Waals surface area (Å²) in [5.41, 5.74) is 2.37. The molecule has 0 aliphatic carbocycles. The van der Waals surface area contributed by atoms with Gasteiger partial charge in [-0.05, 0) is 44.5 Å². The van der Waals surface area contributed by atoms with Gasteiger partial charge >= 0.3 is 0 Å². The lowest BCUT2D eigenvalue weighted by molar-refractivity contribution is 0.0534. The molecule has 138 valence electrons. The van der Waals surface area contributed by atoms with Crippen LogP contribution in [0.5, 0.6) is 0 Å². The number of benzene rings is 2. The molecule has 0 aromatic heterocycles. The highest BCUT2D eigenvalue weighted by atomic mass is 16.5. The van der Waals surface area contributed by atoms with Gasteiger partial charge in [0.1, 0.15) is 0 Å². The van der Waals surface area contributed by atoms with Crippen LogP contribution in [-0.2, 0) is 4.74 Å². The number of nitrogens with one attached hydrogen (secondary N) is 2. The maximum Gasteiger partial charge on any atom is 0.251 e. The van der Waals surface area contributed by atoms with Crippen molar-refractivity contribution in [3.8, 4) is 0 Å². The number of rotatable bonds is 9. The summed E-state index contributed by atoms with van der Waals surface area (Å²) in [4.78, 5) is 24.2. The van der Waals surface area contributed by atoms with Gasteiger partial charge in [0.2, 0.25) is 0 Å². The molecule has 2 amide bonds. The predicted octanol–water partition coefficient (Wildman–Crippen LogP) is 2.95. The minimum absolute atomic E-state index is 0.107. The Hall–Kier alpha value is -2.66. The molecule has 0 saturated carbocycles. The van der Waals surface area contributed by atoms with Gasteiger partial charge < -0.3 is 15.4 Å². The Kier molecular flexibility index (Phi) is 7.83. The average molecular weight is 354 g/mol. The number of ether oxygens (including phenoxy) is 1. The van der Waals surface area contributed by atoms with E-state index >= 15 is 0 Å². The van der Waals surface area contributed by atoms with E-state index in [2.05, 4.69) is 10.6 Å². The van der Waals surface area contributed by atoms with Crippen LogP contribution < -0.4 is 10.6 Å². The van der Waals surface area contributed by atoms with Crippen molar-refractivity contribution < 1.29 is 14.3 Å². The molecule has 1 atom stereocenters. The molecule has 5 heteroatoms. The molecule has 0 heterocycles. The van der Waals surface area contributed by atoms with E-state index in [0.717, 1.165) is 5.56 Å². The van der Waals surface area contributed by atoms with Crippen molar-refractivity contribution in [1.82, 2.24) is 10.6 Å². The van der Waals surface area contributed by atoms with Crippen molar-refractivity contribution >= 4 is 11.8 Å². The van der Waals surface area contributed by atoms with Crippen molar-refractivity contribution in [2.45, 2.75) is 26.4 Å². The molecule has 0 aliphatic heterocycles. The molecule has 5 nitrogen and oxygen atoms in total. The van der Waals surface area contributed by atoms with Crippen molar-refractivity contribution in [1.29, 1.82) is 0 Å². The van der Waals surface area contributed by atoms with E-state index in [4.69, 9.17) is 4.74 Å². The first-order valence-corrected chi connectivity index (χ1v) is 8.90. The minimum Gasteiger partial charge on any atom is -0.377 e. The molecule has 2 rings (SSSR count). The van der Waals surface area contributed by atoms with Crippen LogP contribution in [-0.4, -0.2) is 37.6 Å². The molecule has 0 radical (unpaired) electrons. The number of hydrogen-bond donors (Lipinski definition) is 2. The Balaban J connectivity index is 1.78. The summed E-state index contributed by atoms with van der Waals surface area (Å²) < 4.78 is 5.67. The summed E-state index contributed by atoms with van der Waals surface area (Å²) in [6.45, 7) is 5.34. The van der Waals surface area contributed by atoms with Gasteiger partial charge in [0.15, 0.2) is 0 Å². The first-order valence-electron chi connectivity index (χ1n) is 8.90. The largest absolute Gasteiger partial charge is 0.377 e. The average Bonchev–Trinajstić information content (AvgIpc) is 2.67. The van der Waals surface area contributed by atoms with Gasteiger partial charge in [-0.2, -0.15) is 0 Å². The molecule has 0 fully saturated rings. The van der Waals surface area contributed by atoms with Crippen molar-refractivity contribution in [3.63, 3.8) is 0 Å². The topological polar surface area (TPSA) is 67.4 Å². The summed E-state index contributed by atoms with van der Waals surface area (Å²) in [5, 5.41) is 5.78. The quantitative estimate of drug-likeness (QED) is 0.727. The third-order valence-electron chi connectivity index (χ3n) is 3.99. The van der Waals surface area contributed by atoms with E-state index in [1.165, 1.54) is 0 Å². The number of amides is 2. The van der Waals surface area contributed by atoms with Crippen molar-refractivity contribution in [3.05, 3.63) is 71.3 Å². The standard InChI is InChI=1S/C21H26N2O3/c1-3-26-19(13-14-22-20(24)17-7-5-4-6-8-17)15-23-21(25)18-11-9-16(2)10-12-18/h4-12,19H,3,13-15H2,1-2H3,(H,22,24)(H,23,25). The van der Waals surface area contributed by atoms with Crippen LogP contribution in [0.2, 0.25) is 0 Å². The smallest absolute Gasteiger partial charge is 0.251 e. The lowest BCUT2D eigenvalue weighted by atomic mass is 10.1. The highest BCUT2D eigenvalue weighted by Crippen LogP contribution is 2.04. The molecule has 0 aliphatic rings. The number of hydrogen-bond acceptors (Lipinski definition) is 3. The minimum atomic E-state index is -0.148. The second-order valence-electron chi connectivity index (χ2n) is 6.06. The van der Waals surface area contributed by atoms with E-state index in [1.54, 1.807) is 24.3 Å². The van der Waals surface area contributed by atoms with Gasteiger partial charge in [-0.1, -0.05) is 35.9 Å².